The van der Waals surface area contributed by atoms with Crippen molar-refractivity contribution in [2.75, 3.05) is 5.75 Å². The molecular formula is C14H24N4S. The molecule has 0 spiro atoms. The molecule has 1 aromatic heterocycles. The Morgan fingerprint density at radius 2 is 2.26 bits per heavy atom. The van der Waals surface area contributed by atoms with Gasteiger partial charge in [0.1, 0.15) is 5.54 Å². The molecule has 0 fully saturated rings. The van der Waals surface area contributed by atoms with Gasteiger partial charge in [0.05, 0.1) is 16.8 Å². The van der Waals surface area contributed by atoms with Crippen molar-refractivity contribution < 1.29 is 0 Å². The van der Waals surface area contributed by atoms with E-state index in [1.807, 2.05) is 25.6 Å². The zero-order valence-electron chi connectivity index (χ0n) is 12.5. The molecule has 1 aromatic rings. The average molecular weight is 280 g/mol. The maximum absolute atomic E-state index is 9.26. The monoisotopic (exact) mass is 280 g/mol. The van der Waals surface area contributed by atoms with Gasteiger partial charge in [-0.2, -0.15) is 10.4 Å². The van der Waals surface area contributed by atoms with Gasteiger partial charge in [0.2, 0.25) is 0 Å². The third kappa shape index (κ3) is 5.25. The molecule has 0 aliphatic rings. The molecule has 0 radical (unpaired) electrons. The molecule has 0 amide bonds. The molecule has 0 bridgehead atoms. The highest BCUT2D eigenvalue weighted by atomic mass is 32.2. The first kappa shape index (κ1) is 16.1. The van der Waals surface area contributed by atoms with Crippen LogP contribution in [0, 0.1) is 18.3 Å². The fraction of sp³-hybridized carbons (Fsp3) is 0.714. The van der Waals surface area contributed by atoms with E-state index in [1.165, 1.54) is 5.03 Å². The molecule has 19 heavy (non-hydrogen) atoms. The van der Waals surface area contributed by atoms with Crippen LogP contribution in [0.25, 0.3) is 0 Å². The summed E-state index contributed by atoms with van der Waals surface area (Å²) in [5, 5.41) is 18.1. The number of thioether (sulfide) groups is 1. The van der Waals surface area contributed by atoms with E-state index in [4.69, 9.17) is 0 Å². The van der Waals surface area contributed by atoms with Crippen LogP contribution >= 0.6 is 11.8 Å². The molecule has 0 aliphatic carbocycles. The Hall–Kier alpha value is -0.990. The van der Waals surface area contributed by atoms with E-state index in [9.17, 15) is 5.26 Å². The lowest BCUT2D eigenvalue weighted by atomic mass is 9.97. The minimum absolute atomic E-state index is 0.331. The van der Waals surface area contributed by atoms with E-state index in [0.29, 0.717) is 6.04 Å². The van der Waals surface area contributed by atoms with E-state index in [2.05, 4.69) is 36.4 Å². The van der Waals surface area contributed by atoms with E-state index in [1.54, 1.807) is 11.8 Å². The molecule has 106 valence electrons. The second kappa shape index (κ2) is 6.97. The van der Waals surface area contributed by atoms with Gasteiger partial charge in [-0.05, 0) is 52.4 Å². The van der Waals surface area contributed by atoms with Crippen molar-refractivity contribution in [2.45, 2.75) is 57.1 Å². The van der Waals surface area contributed by atoms with Crippen LogP contribution in [0.3, 0.4) is 0 Å². The number of hydrogen-bond acceptors (Lipinski definition) is 4. The number of rotatable bonds is 7. The number of nitrogens with zero attached hydrogens (tertiary/aromatic N) is 3. The minimum atomic E-state index is -0.420. The van der Waals surface area contributed by atoms with Crippen molar-refractivity contribution in [3.05, 3.63) is 11.8 Å². The standard InChI is InChI=1S/C14H24N4S/c1-11(2)16-14(4,10-15)7-6-8-19-13-9-12(3)17-18(13)5/h9,11,16H,6-8H2,1-5H3. The SMILES string of the molecule is Cc1cc(SCCCC(C)(C#N)NC(C)C)n(C)n1. The van der Waals surface area contributed by atoms with Crippen LogP contribution in [0.1, 0.15) is 39.3 Å². The Bertz CT molecular complexity index is 447. The summed E-state index contributed by atoms with van der Waals surface area (Å²) in [5.41, 5.74) is 0.630. The number of aromatic nitrogens is 2. The zero-order valence-corrected chi connectivity index (χ0v) is 13.3. The van der Waals surface area contributed by atoms with Crippen molar-refractivity contribution in [1.29, 1.82) is 5.26 Å². The predicted molar refractivity (Wildman–Crippen MR) is 80.2 cm³/mol. The summed E-state index contributed by atoms with van der Waals surface area (Å²) in [6, 6.07) is 4.81. The van der Waals surface area contributed by atoms with Crippen LogP contribution in [-0.2, 0) is 7.05 Å². The Morgan fingerprint density at radius 3 is 2.74 bits per heavy atom. The van der Waals surface area contributed by atoms with Gasteiger partial charge in [-0.25, -0.2) is 0 Å². The smallest absolute Gasteiger partial charge is 0.104 e. The molecule has 0 aliphatic heterocycles. The van der Waals surface area contributed by atoms with Crippen LogP contribution in [-0.4, -0.2) is 27.1 Å². The second-order valence-electron chi connectivity index (χ2n) is 5.44. The van der Waals surface area contributed by atoms with Gasteiger partial charge >= 0.3 is 0 Å². The molecule has 0 saturated heterocycles. The normalized spacial score (nSPS) is 14.4. The highest BCUT2D eigenvalue weighted by Gasteiger charge is 2.23. The first-order valence-corrected chi connectivity index (χ1v) is 7.67. The maximum atomic E-state index is 9.26. The summed E-state index contributed by atoms with van der Waals surface area (Å²) in [4.78, 5) is 0. The number of aryl methyl sites for hydroxylation is 2. The Morgan fingerprint density at radius 1 is 1.58 bits per heavy atom. The molecule has 1 rings (SSSR count). The largest absolute Gasteiger partial charge is 0.297 e. The maximum Gasteiger partial charge on any atom is 0.104 e. The second-order valence-corrected chi connectivity index (χ2v) is 6.56. The molecule has 1 unspecified atom stereocenters. The van der Waals surface area contributed by atoms with Crippen LogP contribution < -0.4 is 5.32 Å². The van der Waals surface area contributed by atoms with Gasteiger partial charge < -0.3 is 0 Å². The molecule has 0 aromatic carbocycles. The summed E-state index contributed by atoms with van der Waals surface area (Å²) in [7, 11) is 1.97. The number of hydrogen-bond donors (Lipinski definition) is 1. The van der Waals surface area contributed by atoms with E-state index in [-0.39, 0.29) is 0 Å². The van der Waals surface area contributed by atoms with Gasteiger partial charge in [0, 0.05) is 13.1 Å². The third-order valence-corrected chi connectivity index (χ3v) is 4.05. The van der Waals surface area contributed by atoms with Gasteiger partial charge in [0.25, 0.3) is 0 Å². The van der Waals surface area contributed by atoms with Crippen molar-refractivity contribution in [3.8, 4) is 6.07 Å². The summed E-state index contributed by atoms with van der Waals surface area (Å²) >= 11 is 1.80. The lowest BCUT2D eigenvalue weighted by molar-refractivity contribution is 0.380. The lowest BCUT2D eigenvalue weighted by Gasteiger charge is -2.25. The summed E-state index contributed by atoms with van der Waals surface area (Å²) in [6.45, 7) is 8.13. The van der Waals surface area contributed by atoms with E-state index in [0.717, 1.165) is 24.3 Å². The molecule has 4 nitrogen and oxygen atoms in total. The topological polar surface area (TPSA) is 53.6 Å². The van der Waals surface area contributed by atoms with Gasteiger partial charge in [0.15, 0.2) is 0 Å². The molecular weight excluding hydrogens is 256 g/mol. The van der Waals surface area contributed by atoms with E-state index >= 15 is 0 Å². The Balaban J connectivity index is 2.38. The Labute approximate surface area is 120 Å². The number of nitriles is 1. The van der Waals surface area contributed by atoms with Crippen LogP contribution in [0.2, 0.25) is 0 Å². The lowest BCUT2D eigenvalue weighted by Crippen LogP contribution is -2.44. The first-order chi connectivity index (χ1) is 8.86. The van der Waals surface area contributed by atoms with Crippen molar-refractivity contribution in [3.63, 3.8) is 0 Å². The fourth-order valence-electron chi connectivity index (χ4n) is 2.12. The van der Waals surface area contributed by atoms with Gasteiger partial charge in [-0.3, -0.25) is 10.00 Å². The molecule has 1 atom stereocenters. The third-order valence-electron chi connectivity index (χ3n) is 2.88. The summed E-state index contributed by atoms with van der Waals surface area (Å²) < 4.78 is 1.91. The molecule has 0 saturated carbocycles. The Kier molecular flexibility index (Phi) is 5.89. The predicted octanol–water partition coefficient (Wildman–Crippen LogP) is 2.88. The highest BCUT2D eigenvalue weighted by Crippen LogP contribution is 2.21. The van der Waals surface area contributed by atoms with Crippen LogP contribution in [0.5, 0.6) is 0 Å². The quantitative estimate of drug-likeness (QED) is 0.616. The fourth-order valence-corrected chi connectivity index (χ4v) is 3.10. The number of nitrogens with one attached hydrogen (secondary N) is 1. The molecule has 1 heterocycles. The van der Waals surface area contributed by atoms with Crippen molar-refractivity contribution in [1.82, 2.24) is 15.1 Å². The zero-order chi connectivity index (χ0) is 14.5. The molecule has 1 N–H and O–H groups in total. The highest BCUT2D eigenvalue weighted by molar-refractivity contribution is 7.99. The van der Waals surface area contributed by atoms with Crippen molar-refractivity contribution in [2.24, 2.45) is 7.05 Å². The van der Waals surface area contributed by atoms with E-state index < -0.39 is 5.54 Å². The van der Waals surface area contributed by atoms with Crippen molar-refractivity contribution >= 4 is 11.8 Å². The van der Waals surface area contributed by atoms with Crippen LogP contribution in [0.15, 0.2) is 11.1 Å². The van der Waals surface area contributed by atoms with Crippen LogP contribution in [0.4, 0.5) is 0 Å². The minimum Gasteiger partial charge on any atom is -0.297 e. The average Bonchev–Trinajstić information content (AvgIpc) is 2.63. The van der Waals surface area contributed by atoms with Gasteiger partial charge in [-0.15, -0.1) is 11.8 Å². The summed E-state index contributed by atoms with van der Waals surface area (Å²) in [5.74, 6) is 1.01. The molecule has 5 heteroatoms. The summed E-state index contributed by atoms with van der Waals surface area (Å²) in [6.07, 6.45) is 1.88. The first-order valence-electron chi connectivity index (χ1n) is 6.69. The van der Waals surface area contributed by atoms with Gasteiger partial charge in [-0.1, -0.05) is 0 Å².